The molecule has 9 heteroatoms. The molecule has 0 aliphatic heterocycles. The number of likely N-dealkylation sites (N-methyl/N-ethyl adjacent to an activating group) is 1. The van der Waals surface area contributed by atoms with E-state index in [9.17, 15) is 4.79 Å². The van der Waals surface area contributed by atoms with Crippen molar-refractivity contribution in [2.75, 3.05) is 25.0 Å². The number of carbonyl (C=O) groups is 1. The summed E-state index contributed by atoms with van der Waals surface area (Å²) in [6.45, 7) is 8.48. The van der Waals surface area contributed by atoms with E-state index in [1.165, 1.54) is 5.56 Å². The number of hydrogen-bond acceptors (Lipinski definition) is 6. The van der Waals surface area contributed by atoms with Crippen molar-refractivity contribution in [3.8, 4) is 5.69 Å². The number of anilines is 1. The zero-order valence-electron chi connectivity index (χ0n) is 16.3. The maximum atomic E-state index is 12.5. The summed E-state index contributed by atoms with van der Waals surface area (Å²) in [5.41, 5.74) is 2.70. The zero-order valence-corrected chi connectivity index (χ0v) is 17.1. The fraction of sp³-hybridized carbons (Fsp3) is 0.368. The number of thiophene rings is 1. The third-order valence-corrected chi connectivity index (χ3v) is 5.31. The van der Waals surface area contributed by atoms with Crippen LogP contribution < -0.4 is 10.6 Å². The van der Waals surface area contributed by atoms with Gasteiger partial charge in [0.15, 0.2) is 5.82 Å². The molecule has 0 radical (unpaired) electrons. The molecule has 0 fully saturated rings. The minimum absolute atomic E-state index is 0.155. The molecule has 0 saturated heterocycles. The molecular formula is C19H25N7OS. The van der Waals surface area contributed by atoms with Gasteiger partial charge in [0.25, 0.3) is 0 Å². The third-order valence-electron chi connectivity index (χ3n) is 4.61. The predicted molar refractivity (Wildman–Crippen MR) is 111 cm³/mol. The Bertz CT molecular complexity index is 889. The molecule has 28 heavy (non-hydrogen) atoms. The summed E-state index contributed by atoms with van der Waals surface area (Å²) in [7, 11) is 0. The monoisotopic (exact) mass is 399 g/mol. The van der Waals surface area contributed by atoms with Crippen LogP contribution in [0.2, 0.25) is 0 Å². The van der Waals surface area contributed by atoms with Crippen LogP contribution in [-0.4, -0.2) is 50.8 Å². The second kappa shape index (κ2) is 9.43. The van der Waals surface area contributed by atoms with Gasteiger partial charge in [0.05, 0.1) is 11.7 Å². The lowest BCUT2D eigenvalue weighted by Gasteiger charge is -2.29. The average Bonchev–Trinajstić information content (AvgIpc) is 3.37. The summed E-state index contributed by atoms with van der Waals surface area (Å²) < 4.78 is 1.62. The van der Waals surface area contributed by atoms with Gasteiger partial charge in [-0.15, -0.1) is 5.10 Å². The number of nitrogens with one attached hydrogen (secondary N) is 2. The lowest BCUT2D eigenvalue weighted by atomic mass is 10.1. The van der Waals surface area contributed by atoms with Gasteiger partial charge in [-0.25, -0.2) is 4.79 Å². The summed E-state index contributed by atoms with van der Waals surface area (Å²) in [4.78, 5) is 14.8. The highest BCUT2D eigenvalue weighted by Crippen LogP contribution is 2.22. The molecule has 0 spiro atoms. The molecular weight excluding hydrogens is 374 g/mol. The van der Waals surface area contributed by atoms with Crippen LogP contribution in [0.25, 0.3) is 5.69 Å². The van der Waals surface area contributed by atoms with Gasteiger partial charge in [-0.1, -0.05) is 19.9 Å². The molecule has 0 aliphatic rings. The van der Waals surface area contributed by atoms with Crippen LogP contribution in [0.15, 0.2) is 41.1 Å². The summed E-state index contributed by atoms with van der Waals surface area (Å²) in [5, 5.41) is 21.6. The molecule has 8 nitrogen and oxygen atoms in total. The van der Waals surface area contributed by atoms with E-state index >= 15 is 0 Å². The van der Waals surface area contributed by atoms with Crippen LogP contribution in [0.3, 0.4) is 0 Å². The Labute approximate surface area is 168 Å². The zero-order chi connectivity index (χ0) is 19.9. The average molecular weight is 400 g/mol. The largest absolute Gasteiger partial charge is 0.336 e. The van der Waals surface area contributed by atoms with Crippen molar-refractivity contribution in [3.05, 3.63) is 52.5 Å². The van der Waals surface area contributed by atoms with Gasteiger partial charge in [-0.2, -0.15) is 16.0 Å². The molecule has 3 rings (SSSR count). The molecule has 0 saturated carbocycles. The number of hydrogen-bond donors (Lipinski definition) is 2. The van der Waals surface area contributed by atoms with E-state index in [-0.39, 0.29) is 12.1 Å². The van der Waals surface area contributed by atoms with Crippen LogP contribution in [0, 0.1) is 6.92 Å². The smallest absolute Gasteiger partial charge is 0.319 e. The highest BCUT2D eigenvalue weighted by atomic mass is 32.1. The Morgan fingerprint density at radius 3 is 2.75 bits per heavy atom. The molecule has 0 bridgehead atoms. The Balaban J connectivity index is 1.64. The standard InChI is InChI=1S/C19H25N7OS/c1-4-25(5-2)18(15-9-10-28-13-15)12-20-19(27)21-16-7-6-8-17(11-16)26-14(3)22-23-24-26/h6-11,13,18H,4-5,12H2,1-3H3,(H2,20,21,27). The minimum Gasteiger partial charge on any atom is -0.336 e. The number of carbonyl (C=O) groups excluding carboxylic acids is 1. The van der Waals surface area contributed by atoms with E-state index in [1.807, 2.05) is 31.2 Å². The second-order valence-electron chi connectivity index (χ2n) is 6.32. The number of aryl methyl sites for hydroxylation is 1. The molecule has 148 valence electrons. The van der Waals surface area contributed by atoms with Crippen molar-refractivity contribution in [3.63, 3.8) is 0 Å². The van der Waals surface area contributed by atoms with E-state index in [0.29, 0.717) is 18.1 Å². The fourth-order valence-corrected chi connectivity index (χ4v) is 3.84. The lowest BCUT2D eigenvalue weighted by molar-refractivity contribution is 0.210. The van der Waals surface area contributed by atoms with E-state index in [4.69, 9.17) is 0 Å². The van der Waals surface area contributed by atoms with Crippen LogP contribution in [-0.2, 0) is 0 Å². The SMILES string of the molecule is CCN(CC)C(CNC(=O)Nc1cccc(-n2nnnc2C)c1)c1ccsc1. The molecule has 2 aromatic heterocycles. The first kappa shape index (κ1) is 20.0. The predicted octanol–water partition coefficient (Wildman–Crippen LogP) is 3.24. The number of amides is 2. The van der Waals surface area contributed by atoms with Crippen molar-refractivity contribution in [1.29, 1.82) is 0 Å². The first-order valence-corrected chi connectivity index (χ1v) is 10.2. The summed E-state index contributed by atoms with van der Waals surface area (Å²) in [6.07, 6.45) is 0. The Morgan fingerprint density at radius 1 is 1.29 bits per heavy atom. The van der Waals surface area contributed by atoms with Gasteiger partial charge in [-0.05, 0) is 71.0 Å². The molecule has 1 atom stereocenters. The van der Waals surface area contributed by atoms with Gasteiger partial charge in [0, 0.05) is 12.2 Å². The van der Waals surface area contributed by atoms with Gasteiger partial charge < -0.3 is 10.6 Å². The molecule has 3 aromatic rings. The number of rotatable bonds is 8. The number of tetrazole rings is 1. The quantitative estimate of drug-likeness (QED) is 0.607. The maximum absolute atomic E-state index is 12.5. The maximum Gasteiger partial charge on any atom is 0.319 e. The Hall–Kier alpha value is -2.78. The first-order chi connectivity index (χ1) is 13.6. The molecule has 2 heterocycles. The van der Waals surface area contributed by atoms with Crippen LogP contribution in [0.1, 0.15) is 31.3 Å². The second-order valence-corrected chi connectivity index (χ2v) is 7.10. The van der Waals surface area contributed by atoms with E-state index in [0.717, 1.165) is 18.8 Å². The summed E-state index contributed by atoms with van der Waals surface area (Å²) >= 11 is 1.67. The van der Waals surface area contributed by atoms with E-state index in [1.54, 1.807) is 16.0 Å². The van der Waals surface area contributed by atoms with E-state index < -0.39 is 0 Å². The molecule has 1 unspecified atom stereocenters. The lowest BCUT2D eigenvalue weighted by Crippen LogP contribution is -2.39. The number of nitrogens with zero attached hydrogens (tertiary/aromatic N) is 5. The summed E-state index contributed by atoms with van der Waals surface area (Å²) in [6, 6.07) is 9.45. The Kier molecular flexibility index (Phi) is 6.72. The Morgan fingerprint density at radius 2 is 2.11 bits per heavy atom. The van der Waals surface area contributed by atoms with Gasteiger partial charge >= 0.3 is 6.03 Å². The van der Waals surface area contributed by atoms with Gasteiger partial charge in [0.2, 0.25) is 0 Å². The first-order valence-electron chi connectivity index (χ1n) is 9.28. The van der Waals surface area contributed by atoms with Crippen molar-refractivity contribution >= 4 is 23.1 Å². The van der Waals surface area contributed by atoms with Gasteiger partial charge in [-0.3, -0.25) is 4.90 Å². The normalized spacial score (nSPS) is 12.1. The third kappa shape index (κ3) is 4.73. The topological polar surface area (TPSA) is 88.0 Å². The van der Waals surface area contributed by atoms with Crippen molar-refractivity contribution in [2.45, 2.75) is 26.8 Å². The number of benzene rings is 1. The van der Waals surface area contributed by atoms with Crippen LogP contribution in [0.4, 0.5) is 10.5 Å². The van der Waals surface area contributed by atoms with Crippen molar-refractivity contribution < 1.29 is 4.79 Å². The van der Waals surface area contributed by atoms with Crippen LogP contribution in [0.5, 0.6) is 0 Å². The highest BCUT2D eigenvalue weighted by molar-refractivity contribution is 7.07. The van der Waals surface area contributed by atoms with Gasteiger partial charge in [0.1, 0.15) is 0 Å². The molecule has 1 aromatic carbocycles. The highest BCUT2D eigenvalue weighted by Gasteiger charge is 2.19. The van der Waals surface area contributed by atoms with Crippen molar-refractivity contribution in [2.24, 2.45) is 0 Å². The molecule has 2 amide bonds. The number of urea groups is 1. The van der Waals surface area contributed by atoms with Crippen LogP contribution >= 0.6 is 11.3 Å². The van der Waals surface area contributed by atoms with E-state index in [2.05, 4.69) is 61.7 Å². The molecule has 0 aliphatic carbocycles. The van der Waals surface area contributed by atoms with Crippen molar-refractivity contribution in [1.82, 2.24) is 30.4 Å². The minimum atomic E-state index is -0.238. The fourth-order valence-electron chi connectivity index (χ4n) is 3.14. The number of aromatic nitrogens is 4. The molecule has 2 N–H and O–H groups in total. The summed E-state index contributed by atoms with van der Waals surface area (Å²) in [5.74, 6) is 0.680.